The standard InChI is InChI=1S/C19H29N3O.2ClH/c1-15(16-8-10-20-11-9-16)14-19(23)21-17-6-2-3-7-18(17)22-12-4-5-13-22;;/h2-3,6-7,15-16,20H,4-5,8-14H2,1H3,(H,21,23);2*1H. The van der Waals surface area contributed by atoms with E-state index in [9.17, 15) is 4.79 Å². The van der Waals surface area contributed by atoms with Crippen molar-refractivity contribution in [1.82, 2.24) is 5.32 Å². The number of nitrogens with zero attached hydrogens (tertiary/aromatic N) is 1. The van der Waals surface area contributed by atoms with Crippen LogP contribution in [0.3, 0.4) is 0 Å². The lowest BCUT2D eigenvalue weighted by atomic mass is 9.84. The van der Waals surface area contributed by atoms with Crippen LogP contribution in [0.1, 0.15) is 39.0 Å². The van der Waals surface area contributed by atoms with Gasteiger partial charge in [-0.25, -0.2) is 0 Å². The van der Waals surface area contributed by atoms with Crippen molar-refractivity contribution in [3.05, 3.63) is 24.3 Å². The van der Waals surface area contributed by atoms with Gasteiger partial charge in [0.05, 0.1) is 11.4 Å². The van der Waals surface area contributed by atoms with Crippen LogP contribution in [-0.2, 0) is 4.79 Å². The van der Waals surface area contributed by atoms with Crippen molar-refractivity contribution in [2.24, 2.45) is 11.8 Å². The first-order chi connectivity index (χ1) is 11.2. The Morgan fingerprint density at radius 2 is 1.84 bits per heavy atom. The zero-order valence-corrected chi connectivity index (χ0v) is 16.6. The molecule has 2 fully saturated rings. The molecule has 1 atom stereocenters. The third-order valence-electron chi connectivity index (χ3n) is 5.32. The van der Waals surface area contributed by atoms with Crippen LogP contribution >= 0.6 is 24.8 Å². The monoisotopic (exact) mass is 387 g/mol. The Bertz CT molecular complexity index is 529. The predicted octanol–water partition coefficient (Wildman–Crippen LogP) is 4.09. The van der Waals surface area contributed by atoms with Gasteiger partial charge < -0.3 is 15.5 Å². The van der Waals surface area contributed by atoms with Crippen LogP contribution in [0.25, 0.3) is 0 Å². The zero-order valence-electron chi connectivity index (χ0n) is 15.0. The maximum absolute atomic E-state index is 12.5. The summed E-state index contributed by atoms with van der Waals surface area (Å²) in [6.07, 6.45) is 5.50. The third-order valence-corrected chi connectivity index (χ3v) is 5.32. The number of halogens is 2. The van der Waals surface area contributed by atoms with E-state index in [4.69, 9.17) is 0 Å². The van der Waals surface area contributed by atoms with E-state index in [1.807, 2.05) is 12.1 Å². The van der Waals surface area contributed by atoms with E-state index in [1.54, 1.807) is 0 Å². The molecule has 0 aliphatic carbocycles. The Morgan fingerprint density at radius 3 is 2.52 bits per heavy atom. The first kappa shape index (κ1) is 22.1. The highest BCUT2D eigenvalue weighted by atomic mass is 35.5. The van der Waals surface area contributed by atoms with Crippen molar-refractivity contribution in [3.63, 3.8) is 0 Å². The largest absolute Gasteiger partial charge is 0.370 e. The number of carbonyl (C=O) groups is 1. The minimum absolute atomic E-state index is 0. The molecule has 0 bridgehead atoms. The summed E-state index contributed by atoms with van der Waals surface area (Å²) >= 11 is 0. The number of piperidine rings is 1. The van der Waals surface area contributed by atoms with E-state index < -0.39 is 0 Å². The van der Waals surface area contributed by atoms with Crippen molar-refractivity contribution < 1.29 is 4.79 Å². The van der Waals surface area contributed by atoms with Crippen LogP contribution in [-0.4, -0.2) is 32.1 Å². The molecule has 2 aliphatic rings. The molecule has 0 radical (unpaired) electrons. The van der Waals surface area contributed by atoms with Gasteiger partial charge in [0.2, 0.25) is 5.91 Å². The van der Waals surface area contributed by atoms with Gasteiger partial charge in [-0.1, -0.05) is 19.1 Å². The lowest BCUT2D eigenvalue weighted by Crippen LogP contribution is -2.32. The number of amides is 1. The number of hydrogen-bond acceptors (Lipinski definition) is 3. The Morgan fingerprint density at radius 1 is 1.20 bits per heavy atom. The van der Waals surface area contributed by atoms with Crippen LogP contribution in [0.5, 0.6) is 0 Å². The minimum atomic E-state index is 0. The molecule has 2 aliphatic heterocycles. The zero-order chi connectivity index (χ0) is 16.1. The van der Waals surface area contributed by atoms with Crippen molar-refractivity contribution in [2.45, 2.75) is 39.0 Å². The molecule has 1 unspecified atom stereocenters. The molecule has 0 spiro atoms. The number of anilines is 2. The van der Waals surface area contributed by atoms with Crippen molar-refractivity contribution in [3.8, 4) is 0 Å². The summed E-state index contributed by atoms with van der Waals surface area (Å²) in [5.74, 6) is 1.29. The normalized spacial score (nSPS) is 18.8. The second kappa shape index (κ2) is 10.9. The van der Waals surface area contributed by atoms with Gasteiger partial charge in [-0.2, -0.15) is 0 Å². The predicted molar refractivity (Wildman–Crippen MR) is 110 cm³/mol. The molecule has 1 aromatic rings. The second-order valence-electron chi connectivity index (χ2n) is 7.03. The molecule has 1 amide bonds. The molecule has 0 saturated carbocycles. The van der Waals surface area contributed by atoms with Gasteiger partial charge in [-0.3, -0.25) is 4.79 Å². The molecule has 25 heavy (non-hydrogen) atoms. The fraction of sp³-hybridized carbons (Fsp3) is 0.632. The fourth-order valence-corrected chi connectivity index (χ4v) is 3.89. The van der Waals surface area contributed by atoms with Crippen LogP contribution in [0.4, 0.5) is 11.4 Å². The molecule has 3 rings (SSSR count). The number of carbonyl (C=O) groups excluding carboxylic acids is 1. The van der Waals surface area contributed by atoms with Crippen LogP contribution in [0, 0.1) is 11.8 Å². The van der Waals surface area contributed by atoms with Gasteiger partial charge in [0.1, 0.15) is 0 Å². The number of hydrogen-bond donors (Lipinski definition) is 2. The number of para-hydroxylation sites is 2. The molecule has 2 N–H and O–H groups in total. The molecule has 4 nitrogen and oxygen atoms in total. The first-order valence-electron chi connectivity index (χ1n) is 9.08. The number of rotatable bonds is 5. The van der Waals surface area contributed by atoms with Gasteiger partial charge >= 0.3 is 0 Å². The maximum Gasteiger partial charge on any atom is 0.224 e. The van der Waals surface area contributed by atoms with Crippen molar-refractivity contribution in [2.75, 3.05) is 36.4 Å². The number of benzene rings is 1. The Balaban J connectivity index is 0.00000156. The van der Waals surface area contributed by atoms with Gasteiger partial charge in [0.25, 0.3) is 0 Å². The summed E-state index contributed by atoms with van der Waals surface area (Å²) in [6.45, 7) is 6.60. The Kier molecular flexibility index (Phi) is 9.62. The van der Waals surface area contributed by atoms with E-state index in [2.05, 4.69) is 34.6 Å². The van der Waals surface area contributed by atoms with E-state index >= 15 is 0 Å². The van der Waals surface area contributed by atoms with Gasteiger partial charge in [-0.15, -0.1) is 24.8 Å². The maximum atomic E-state index is 12.5. The van der Waals surface area contributed by atoms with Crippen LogP contribution in [0.2, 0.25) is 0 Å². The van der Waals surface area contributed by atoms with Crippen LogP contribution < -0.4 is 15.5 Å². The highest BCUT2D eigenvalue weighted by molar-refractivity contribution is 5.94. The van der Waals surface area contributed by atoms with E-state index in [0.717, 1.165) is 31.9 Å². The molecular weight excluding hydrogens is 357 g/mol. The summed E-state index contributed by atoms with van der Waals surface area (Å²) in [5.41, 5.74) is 2.14. The molecule has 0 aromatic heterocycles. The summed E-state index contributed by atoms with van der Waals surface area (Å²) < 4.78 is 0. The first-order valence-corrected chi connectivity index (χ1v) is 9.08. The average molecular weight is 388 g/mol. The quantitative estimate of drug-likeness (QED) is 0.799. The smallest absolute Gasteiger partial charge is 0.224 e. The summed E-state index contributed by atoms with van der Waals surface area (Å²) in [6, 6.07) is 8.21. The fourth-order valence-electron chi connectivity index (χ4n) is 3.89. The highest BCUT2D eigenvalue weighted by Gasteiger charge is 2.23. The summed E-state index contributed by atoms with van der Waals surface area (Å²) in [7, 11) is 0. The third kappa shape index (κ3) is 6.05. The van der Waals surface area contributed by atoms with Crippen molar-refractivity contribution in [1.29, 1.82) is 0 Å². The molecule has 6 heteroatoms. The van der Waals surface area contributed by atoms with E-state index in [0.29, 0.717) is 18.3 Å². The Labute approximate surface area is 163 Å². The molecule has 1 aromatic carbocycles. The molecular formula is C19H31Cl2N3O. The molecule has 142 valence electrons. The topological polar surface area (TPSA) is 44.4 Å². The van der Waals surface area contributed by atoms with E-state index in [-0.39, 0.29) is 30.7 Å². The van der Waals surface area contributed by atoms with Gasteiger partial charge in [-0.05, 0) is 62.7 Å². The summed E-state index contributed by atoms with van der Waals surface area (Å²) in [4.78, 5) is 14.9. The lowest BCUT2D eigenvalue weighted by Gasteiger charge is -2.28. The number of nitrogens with one attached hydrogen (secondary N) is 2. The minimum Gasteiger partial charge on any atom is -0.370 e. The lowest BCUT2D eigenvalue weighted by molar-refractivity contribution is -0.117. The molecule has 2 heterocycles. The second-order valence-corrected chi connectivity index (χ2v) is 7.03. The van der Waals surface area contributed by atoms with Crippen LogP contribution in [0.15, 0.2) is 24.3 Å². The SMILES string of the molecule is CC(CC(=O)Nc1ccccc1N1CCCC1)C1CCNCC1.Cl.Cl. The van der Waals surface area contributed by atoms with Crippen molar-refractivity contribution >= 4 is 42.1 Å². The summed E-state index contributed by atoms with van der Waals surface area (Å²) in [5, 5.41) is 6.56. The van der Waals surface area contributed by atoms with Gasteiger partial charge in [0.15, 0.2) is 0 Å². The average Bonchev–Trinajstić information content (AvgIpc) is 3.10. The van der Waals surface area contributed by atoms with E-state index in [1.165, 1.54) is 31.4 Å². The Hall–Kier alpha value is -0.970. The highest BCUT2D eigenvalue weighted by Crippen LogP contribution is 2.30. The van der Waals surface area contributed by atoms with Gasteiger partial charge in [0, 0.05) is 19.5 Å². The molecule has 2 saturated heterocycles.